The highest BCUT2D eigenvalue weighted by molar-refractivity contribution is 5.96. The summed E-state index contributed by atoms with van der Waals surface area (Å²) in [6.45, 7) is 5.59. The predicted molar refractivity (Wildman–Crippen MR) is 76.0 cm³/mol. The highest BCUT2D eigenvalue weighted by Crippen LogP contribution is 2.16. The van der Waals surface area contributed by atoms with Gasteiger partial charge in [-0.1, -0.05) is 0 Å². The number of rotatable bonds is 2. The third kappa shape index (κ3) is 2.82. The third-order valence-electron chi connectivity index (χ3n) is 4.03. The summed E-state index contributed by atoms with van der Waals surface area (Å²) >= 11 is 0. The van der Waals surface area contributed by atoms with Gasteiger partial charge in [0.2, 0.25) is 0 Å². The van der Waals surface area contributed by atoms with Crippen LogP contribution in [0.1, 0.15) is 34.6 Å². The summed E-state index contributed by atoms with van der Waals surface area (Å²) in [5.41, 5.74) is 0.737. The average molecular weight is 276 g/mol. The van der Waals surface area contributed by atoms with E-state index in [0.29, 0.717) is 30.7 Å². The number of hydrogen-bond donors (Lipinski definition) is 1. The Morgan fingerprint density at radius 2 is 1.50 bits per heavy atom. The first kappa shape index (κ1) is 14.5. The lowest BCUT2D eigenvalue weighted by Crippen LogP contribution is -2.56. The van der Waals surface area contributed by atoms with Crippen molar-refractivity contribution < 1.29 is 14.7 Å². The Kier molecular flexibility index (Phi) is 4.09. The molecule has 20 heavy (non-hydrogen) atoms. The van der Waals surface area contributed by atoms with Crippen LogP contribution in [0.3, 0.4) is 0 Å². The van der Waals surface area contributed by atoms with E-state index in [1.54, 1.807) is 12.1 Å². The minimum absolute atomic E-state index is 0.0336. The molecule has 5 nitrogen and oxygen atoms in total. The molecule has 2 rings (SSSR count). The van der Waals surface area contributed by atoms with Gasteiger partial charge in [0, 0.05) is 30.7 Å². The molecule has 0 saturated carbocycles. The van der Waals surface area contributed by atoms with Crippen molar-refractivity contribution in [2.45, 2.75) is 25.9 Å². The summed E-state index contributed by atoms with van der Waals surface area (Å²) in [4.78, 5) is 27.3. The van der Waals surface area contributed by atoms with Gasteiger partial charge in [-0.2, -0.15) is 0 Å². The maximum absolute atomic E-state index is 12.4. The van der Waals surface area contributed by atoms with Crippen molar-refractivity contribution in [2.75, 3.05) is 20.1 Å². The molecule has 2 atom stereocenters. The maximum atomic E-state index is 12.4. The predicted octanol–water partition coefficient (Wildman–Crippen LogP) is 1.55. The number of amides is 1. The first-order valence-electron chi connectivity index (χ1n) is 6.74. The largest absolute Gasteiger partial charge is 0.478 e. The van der Waals surface area contributed by atoms with Gasteiger partial charge in [0.25, 0.3) is 5.91 Å². The second kappa shape index (κ2) is 5.63. The lowest BCUT2D eigenvalue weighted by Gasteiger charge is -2.42. The summed E-state index contributed by atoms with van der Waals surface area (Å²) in [5.74, 6) is -1.01. The van der Waals surface area contributed by atoms with Crippen LogP contribution < -0.4 is 0 Å². The van der Waals surface area contributed by atoms with Crippen molar-refractivity contribution in [1.29, 1.82) is 0 Å². The first-order valence-corrected chi connectivity index (χ1v) is 6.74. The van der Waals surface area contributed by atoms with E-state index in [4.69, 9.17) is 5.11 Å². The van der Waals surface area contributed by atoms with Gasteiger partial charge in [0.1, 0.15) is 0 Å². The molecule has 0 aromatic heterocycles. The Morgan fingerprint density at radius 1 is 1.05 bits per heavy atom. The standard InChI is InChI=1S/C15H20N2O3/c1-10-8-17(9-11(2)16(10)3)14(18)12-4-6-13(7-5-12)15(19)20/h4-7,10-11H,8-9H2,1-3H3,(H,19,20). The fourth-order valence-corrected chi connectivity index (χ4v) is 2.51. The summed E-state index contributed by atoms with van der Waals surface area (Å²) in [7, 11) is 2.07. The molecule has 0 spiro atoms. The van der Waals surface area contributed by atoms with Crippen LogP contribution in [0, 0.1) is 0 Å². The molecular weight excluding hydrogens is 256 g/mol. The van der Waals surface area contributed by atoms with Gasteiger partial charge in [0.05, 0.1) is 5.56 Å². The van der Waals surface area contributed by atoms with Crippen molar-refractivity contribution in [3.8, 4) is 0 Å². The minimum atomic E-state index is -0.981. The molecule has 1 aliphatic rings. The summed E-state index contributed by atoms with van der Waals surface area (Å²) < 4.78 is 0. The van der Waals surface area contributed by atoms with Gasteiger partial charge in [-0.05, 0) is 45.2 Å². The topological polar surface area (TPSA) is 60.9 Å². The Balaban J connectivity index is 2.13. The molecule has 2 unspecified atom stereocenters. The average Bonchev–Trinajstić information content (AvgIpc) is 2.43. The van der Waals surface area contributed by atoms with Gasteiger partial charge in [-0.25, -0.2) is 4.79 Å². The van der Waals surface area contributed by atoms with Gasteiger partial charge in [0.15, 0.2) is 0 Å². The molecule has 1 saturated heterocycles. The molecule has 108 valence electrons. The number of piperazine rings is 1. The van der Waals surface area contributed by atoms with E-state index in [-0.39, 0.29) is 11.5 Å². The van der Waals surface area contributed by atoms with Crippen molar-refractivity contribution in [3.63, 3.8) is 0 Å². The molecule has 0 radical (unpaired) electrons. The van der Waals surface area contributed by atoms with E-state index in [2.05, 4.69) is 25.8 Å². The van der Waals surface area contributed by atoms with Gasteiger partial charge in [-0.15, -0.1) is 0 Å². The number of nitrogens with zero attached hydrogens (tertiary/aromatic N) is 2. The zero-order chi connectivity index (χ0) is 14.9. The molecule has 0 aliphatic carbocycles. The van der Waals surface area contributed by atoms with Crippen LogP contribution >= 0.6 is 0 Å². The zero-order valence-corrected chi connectivity index (χ0v) is 12.0. The van der Waals surface area contributed by atoms with Crippen molar-refractivity contribution in [3.05, 3.63) is 35.4 Å². The second-order valence-electron chi connectivity index (χ2n) is 5.46. The van der Waals surface area contributed by atoms with Gasteiger partial charge >= 0.3 is 5.97 Å². The lowest BCUT2D eigenvalue weighted by molar-refractivity contribution is 0.0414. The molecular formula is C15H20N2O3. The van der Waals surface area contributed by atoms with Gasteiger partial charge < -0.3 is 10.0 Å². The van der Waals surface area contributed by atoms with Crippen LogP contribution in [0.4, 0.5) is 0 Å². The zero-order valence-electron chi connectivity index (χ0n) is 12.0. The molecule has 1 aromatic rings. The number of benzene rings is 1. The molecule has 1 aliphatic heterocycles. The van der Waals surface area contributed by atoms with Crippen molar-refractivity contribution in [2.24, 2.45) is 0 Å². The number of likely N-dealkylation sites (N-methyl/N-ethyl adjacent to an activating group) is 1. The van der Waals surface area contributed by atoms with Gasteiger partial charge in [-0.3, -0.25) is 9.69 Å². The fraction of sp³-hybridized carbons (Fsp3) is 0.467. The van der Waals surface area contributed by atoms with E-state index in [0.717, 1.165) is 0 Å². The normalized spacial score (nSPS) is 23.6. The van der Waals surface area contributed by atoms with E-state index in [9.17, 15) is 9.59 Å². The number of carboxylic acid groups (broad SMARTS) is 1. The van der Waals surface area contributed by atoms with Crippen molar-refractivity contribution in [1.82, 2.24) is 9.80 Å². The SMILES string of the molecule is CC1CN(C(=O)c2ccc(C(=O)O)cc2)CC(C)N1C. The van der Waals surface area contributed by atoms with E-state index < -0.39 is 5.97 Å². The Bertz CT molecular complexity index is 500. The van der Waals surface area contributed by atoms with Crippen LogP contribution in [0.25, 0.3) is 0 Å². The molecule has 1 fully saturated rings. The molecule has 1 aromatic carbocycles. The third-order valence-corrected chi connectivity index (χ3v) is 4.03. The van der Waals surface area contributed by atoms with E-state index >= 15 is 0 Å². The quantitative estimate of drug-likeness (QED) is 0.890. The van der Waals surface area contributed by atoms with Crippen LogP contribution in [0.2, 0.25) is 0 Å². The summed E-state index contributed by atoms with van der Waals surface area (Å²) in [6.07, 6.45) is 0. The number of carbonyl (C=O) groups is 2. The smallest absolute Gasteiger partial charge is 0.335 e. The van der Waals surface area contributed by atoms with Crippen molar-refractivity contribution >= 4 is 11.9 Å². The minimum Gasteiger partial charge on any atom is -0.478 e. The second-order valence-corrected chi connectivity index (χ2v) is 5.46. The van der Waals surface area contributed by atoms with Crippen LogP contribution in [-0.4, -0.2) is 59.0 Å². The number of hydrogen-bond acceptors (Lipinski definition) is 3. The summed E-state index contributed by atoms with van der Waals surface area (Å²) in [6, 6.07) is 6.75. The maximum Gasteiger partial charge on any atom is 0.335 e. The fourth-order valence-electron chi connectivity index (χ4n) is 2.51. The highest BCUT2D eigenvalue weighted by atomic mass is 16.4. The lowest BCUT2D eigenvalue weighted by atomic mass is 10.1. The highest BCUT2D eigenvalue weighted by Gasteiger charge is 2.29. The van der Waals surface area contributed by atoms with Crippen LogP contribution in [0.5, 0.6) is 0 Å². The van der Waals surface area contributed by atoms with E-state index in [1.807, 2.05) is 4.90 Å². The Labute approximate surface area is 118 Å². The molecule has 1 heterocycles. The van der Waals surface area contributed by atoms with Crippen LogP contribution in [0.15, 0.2) is 24.3 Å². The first-order chi connectivity index (χ1) is 9.40. The number of aromatic carboxylic acids is 1. The summed E-state index contributed by atoms with van der Waals surface area (Å²) in [5, 5.41) is 8.86. The molecule has 1 amide bonds. The monoisotopic (exact) mass is 276 g/mol. The Morgan fingerprint density at radius 3 is 1.95 bits per heavy atom. The number of carbonyl (C=O) groups excluding carboxylic acids is 1. The molecule has 0 bridgehead atoms. The van der Waals surface area contributed by atoms with E-state index in [1.165, 1.54) is 12.1 Å². The molecule has 1 N–H and O–H groups in total. The van der Waals surface area contributed by atoms with Crippen LogP contribution in [-0.2, 0) is 0 Å². The number of carboxylic acids is 1. The Hall–Kier alpha value is -1.88. The molecule has 5 heteroatoms.